The summed E-state index contributed by atoms with van der Waals surface area (Å²) in [6.45, 7) is 7.01. The van der Waals surface area contributed by atoms with Crippen molar-refractivity contribution in [2.24, 2.45) is 17.3 Å². The molecule has 20 heavy (non-hydrogen) atoms. The molecule has 1 aliphatic carbocycles. The van der Waals surface area contributed by atoms with Gasteiger partial charge in [-0.1, -0.05) is 33.3 Å². The van der Waals surface area contributed by atoms with Gasteiger partial charge in [-0.3, -0.25) is 0 Å². The smallest absolute Gasteiger partial charge is 0.0962 e. The molecule has 0 amide bonds. The van der Waals surface area contributed by atoms with Gasteiger partial charge in [0, 0.05) is 11.4 Å². The first-order valence-electron chi connectivity index (χ1n) is 7.54. The summed E-state index contributed by atoms with van der Waals surface area (Å²) in [5.74, 6) is 0.893. The van der Waals surface area contributed by atoms with Crippen molar-refractivity contribution in [2.45, 2.75) is 56.7 Å². The summed E-state index contributed by atoms with van der Waals surface area (Å²) in [6, 6.07) is 8.53. The van der Waals surface area contributed by atoms with Crippen molar-refractivity contribution in [2.75, 3.05) is 0 Å². The molecule has 1 heterocycles. The van der Waals surface area contributed by atoms with Gasteiger partial charge in [0.05, 0.1) is 17.0 Å². The molecule has 0 aliphatic heterocycles. The Hall–Kier alpha value is -1.01. The van der Waals surface area contributed by atoms with Gasteiger partial charge in [0.2, 0.25) is 0 Å². The monoisotopic (exact) mass is 288 g/mol. The number of thioether (sulfide) groups is 1. The fraction of sp³-hybridized carbons (Fsp3) is 0.647. The third-order valence-corrected chi connectivity index (χ3v) is 6.19. The van der Waals surface area contributed by atoms with Gasteiger partial charge < -0.3 is 0 Å². The van der Waals surface area contributed by atoms with Gasteiger partial charge in [-0.2, -0.15) is 5.26 Å². The summed E-state index contributed by atoms with van der Waals surface area (Å²) in [4.78, 5) is 4.40. The largest absolute Gasteiger partial charge is 0.250 e. The van der Waals surface area contributed by atoms with E-state index in [1.165, 1.54) is 12.8 Å². The van der Waals surface area contributed by atoms with E-state index in [0.29, 0.717) is 10.7 Å². The lowest BCUT2D eigenvalue weighted by Gasteiger charge is -2.41. The lowest BCUT2D eigenvalue weighted by atomic mass is 9.67. The summed E-state index contributed by atoms with van der Waals surface area (Å²) in [5.41, 5.74) is 0.378. The molecule has 1 fully saturated rings. The molecule has 0 radical (unpaired) electrons. The molecule has 0 saturated heterocycles. The Morgan fingerprint density at radius 1 is 1.40 bits per heavy atom. The van der Waals surface area contributed by atoms with Crippen LogP contribution in [0, 0.1) is 28.6 Å². The first-order chi connectivity index (χ1) is 9.56. The Morgan fingerprint density at radius 3 is 2.80 bits per heavy atom. The van der Waals surface area contributed by atoms with Crippen LogP contribution in [-0.4, -0.2) is 10.2 Å². The van der Waals surface area contributed by atoms with Gasteiger partial charge in [0.1, 0.15) is 0 Å². The Bertz CT molecular complexity index is 464. The number of pyridine rings is 1. The van der Waals surface area contributed by atoms with Crippen LogP contribution in [0.1, 0.15) is 46.5 Å². The molecular formula is C17H24N2S. The van der Waals surface area contributed by atoms with E-state index in [1.54, 1.807) is 11.8 Å². The number of nitrogens with zero attached hydrogens (tertiary/aromatic N) is 2. The highest BCUT2D eigenvalue weighted by Gasteiger charge is 2.37. The Labute approximate surface area is 127 Å². The fourth-order valence-electron chi connectivity index (χ4n) is 2.98. The van der Waals surface area contributed by atoms with Crippen LogP contribution in [-0.2, 0) is 0 Å². The second-order valence-corrected chi connectivity index (χ2v) is 7.67. The van der Waals surface area contributed by atoms with Crippen molar-refractivity contribution in [3.05, 3.63) is 24.4 Å². The number of rotatable bonds is 4. The molecule has 1 aliphatic rings. The zero-order chi connectivity index (χ0) is 14.6. The van der Waals surface area contributed by atoms with E-state index in [1.807, 2.05) is 24.4 Å². The van der Waals surface area contributed by atoms with Crippen LogP contribution >= 0.6 is 11.8 Å². The topological polar surface area (TPSA) is 36.7 Å². The molecule has 1 aromatic heterocycles. The Balaban J connectivity index is 2.09. The highest BCUT2D eigenvalue weighted by Crippen LogP contribution is 2.46. The molecule has 3 unspecified atom stereocenters. The maximum absolute atomic E-state index is 9.40. The summed E-state index contributed by atoms with van der Waals surface area (Å²) >= 11 is 1.79. The fourth-order valence-corrected chi connectivity index (χ4v) is 4.26. The minimum atomic E-state index is 0.172. The zero-order valence-electron chi connectivity index (χ0n) is 12.7. The summed E-state index contributed by atoms with van der Waals surface area (Å²) < 4.78 is 0. The molecule has 1 saturated carbocycles. The second-order valence-electron chi connectivity index (χ2n) is 6.41. The Kier molecular flexibility index (Phi) is 5.10. The minimum Gasteiger partial charge on any atom is -0.250 e. The molecule has 2 nitrogen and oxygen atoms in total. The third kappa shape index (κ3) is 3.55. The normalized spacial score (nSPS) is 27.0. The lowest BCUT2D eigenvalue weighted by molar-refractivity contribution is 0.144. The highest BCUT2D eigenvalue weighted by atomic mass is 32.2. The van der Waals surface area contributed by atoms with Gasteiger partial charge in [0.25, 0.3) is 0 Å². The van der Waals surface area contributed by atoms with E-state index >= 15 is 0 Å². The quantitative estimate of drug-likeness (QED) is 0.789. The van der Waals surface area contributed by atoms with E-state index in [-0.39, 0.29) is 5.92 Å². The molecule has 3 atom stereocenters. The van der Waals surface area contributed by atoms with Crippen molar-refractivity contribution in [1.29, 1.82) is 5.26 Å². The van der Waals surface area contributed by atoms with E-state index in [4.69, 9.17) is 0 Å². The summed E-state index contributed by atoms with van der Waals surface area (Å²) in [7, 11) is 0. The van der Waals surface area contributed by atoms with Crippen LogP contribution < -0.4 is 0 Å². The first-order valence-corrected chi connectivity index (χ1v) is 8.42. The van der Waals surface area contributed by atoms with Crippen molar-refractivity contribution in [1.82, 2.24) is 4.98 Å². The Morgan fingerprint density at radius 2 is 2.20 bits per heavy atom. The molecule has 0 bridgehead atoms. The molecule has 108 valence electrons. The maximum atomic E-state index is 9.40. The van der Waals surface area contributed by atoms with Gasteiger partial charge in [0.15, 0.2) is 0 Å². The number of nitriles is 1. The summed E-state index contributed by atoms with van der Waals surface area (Å²) in [5, 5.41) is 10.8. The van der Waals surface area contributed by atoms with E-state index in [9.17, 15) is 5.26 Å². The predicted octanol–water partition coefficient (Wildman–Crippen LogP) is 4.92. The van der Waals surface area contributed by atoms with Crippen molar-refractivity contribution >= 4 is 11.8 Å². The molecule has 2 rings (SSSR count). The van der Waals surface area contributed by atoms with Gasteiger partial charge in [-0.15, -0.1) is 11.8 Å². The van der Waals surface area contributed by atoms with Crippen LogP contribution in [0.5, 0.6) is 0 Å². The molecule has 0 N–H and O–H groups in total. The number of hydrogen-bond acceptors (Lipinski definition) is 3. The first kappa shape index (κ1) is 15.4. The van der Waals surface area contributed by atoms with Gasteiger partial charge in [-0.05, 0) is 42.7 Å². The number of hydrogen-bond donors (Lipinski definition) is 0. The summed E-state index contributed by atoms with van der Waals surface area (Å²) in [6.07, 6.45) is 6.41. The zero-order valence-corrected chi connectivity index (χ0v) is 13.5. The SMILES string of the molecule is CCC(C)(C)C1CCC(C#N)C(Sc2ccccn2)C1. The van der Waals surface area contributed by atoms with Crippen molar-refractivity contribution in [3.8, 4) is 6.07 Å². The molecule has 1 aromatic rings. The van der Waals surface area contributed by atoms with E-state index in [2.05, 4.69) is 31.8 Å². The standard InChI is InChI=1S/C17H24N2S/c1-4-17(2,3)14-9-8-13(12-18)15(11-14)20-16-7-5-6-10-19-16/h5-7,10,13-15H,4,8-9,11H2,1-3H3. The highest BCUT2D eigenvalue weighted by molar-refractivity contribution is 7.99. The van der Waals surface area contributed by atoms with Crippen LogP contribution in [0.3, 0.4) is 0 Å². The van der Waals surface area contributed by atoms with Crippen LogP contribution in [0.4, 0.5) is 0 Å². The molecule has 3 heteroatoms. The van der Waals surface area contributed by atoms with E-state index < -0.39 is 0 Å². The molecule has 0 spiro atoms. The van der Waals surface area contributed by atoms with Crippen molar-refractivity contribution in [3.63, 3.8) is 0 Å². The predicted molar refractivity (Wildman–Crippen MR) is 84.4 cm³/mol. The van der Waals surface area contributed by atoms with Gasteiger partial charge in [-0.25, -0.2) is 4.98 Å². The number of aromatic nitrogens is 1. The molecular weight excluding hydrogens is 264 g/mol. The molecule has 0 aromatic carbocycles. The van der Waals surface area contributed by atoms with Crippen LogP contribution in [0.25, 0.3) is 0 Å². The lowest BCUT2D eigenvalue weighted by Crippen LogP contribution is -2.34. The van der Waals surface area contributed by atoms with Crippen LogP contribution in [0.15, 0.2) is 29.4 Å². The third-order valence-electron chi connectivity index (χ3n) is 4.88. The minimum absolute atomic E-state index is 0.172. The van der Waals surface area contributed by atoms with Crippen molar-refractivity contribution < 1.29 is 0 Å². The van der Waals surface area contributed by atoms with Gasteiger partial charge >= 0.3 is 0 Å². The maximum Gasteiger partial charge on any atom is 0.0962 e. The second kappa shape index (κ2) is 6.63. The van der Waals surface area contributed by atoms with Crippen LogP contribution in [0.2, 0.25) is 0 Å². The average Bonchev–Trinajstić information content (AvgIpc) is 2.48. The van der Waals surface area contributed by atoms with E-state index in [0.717, 1.165) is 23.8 Å². The average molecular weight is 288 g/mol.